The van der Waals surface area contributed by atoms with E-state index in [0.717, 1.165) is 45.2 Å². The molecule has 6 nitrogen and oxygen atoms in total. The highest BCUT2D eigenvalue weighted by atomic mass is 16.5. The second-order valence-corrected chi connectivity index (χ2v) is 7.04. The van der Waals surface area contributed by atoms with Gasteiger partial charge in [0.15, 0.2) is 0 Å². The fourth-order valence-corrected chi connectivity index (χ4v) is 3.79. The Morgan fingerprint density at radius 2 is 1.91 bits per heavy atom. The van der Waals surface area contributed by atoms with E-state index in [1.165, 1.54) is 0 Å². The number of ether oxygens (including phenoxy) is 2. The van der Waals surface area contributed by atoms with Gasteiger partial charge >= 0.3 is 0 Å². The summed E-state index contributed by atoms with van der Waals surface area (Å²) in [6.07, 6.45) is 5.39. The monoisotopic (exact) mass is 324 g/mol. The molecule has 0 aromatic rings. The van der Waals surface area contributed by atoms with Gasteiger partial charge in [-0.25, -0.2) is 0 Å². The van der Waals surface area contributed by atoms with Crippen LogP contribution in [0.5, 0.6) is 0 Å². The number of likely N-dealkylation sites (tertiary alicyclic amines) is 2. The summed E-state index contributed by atoms with van der Waals surface area (Å²) in [5, 5.41) is 0. The van der Waals surface area contributed by atoms with Gasteiger partial charge in [-0.2, -0.15) is 0 Å². The van der Waals surface area contributed by atoms with Gasteiger partial charge in [-0.1, -0.05) is 6.92 Å². The number of hydrogen-bond acceptors (Lipinski definition) is 4. The van der Waals surface area contributed by atoms with Gasteiger partial charge in [-0.15, -0.1) is 0 Å². The molecule has 6 heteroatoms. The lowest BCUT2D eigenvalue weighted by atomic mass is 9.84. The molecular weight excluding hydrogens is 296 g/mol. The van der Waals surface area contributed by atoms with Crippen molar-refractivity contribution in [3.63, 3.8) is 0 Å². The van der Waals surface area contributed by atoms with Gasteiger partial charge in [-0.05, 0) is 25.7 Å². The number of nitrogens with zero attached hydrogens (tertiary/aromatic N) is 2. The molecule has 2 amide bonds. The van der Waals surface area contributed by atoms with Gasteiger partial charge < -0.3 is 19.3 Å². The van der Waals surface area contributed by atoms with Gasteiger partial charge in [0.1, 0.15) is 12.2 Å². The van der Waals surface area contributed by atoms with Crippen LogP contribution in [-0.2, 0) is 19.1 Å². The van der Waals surface area contributed by atoms with E-state index < -0.39 is 0 Å². The summed E-state index contributed by atoms with van der Waals surface area (Å²) in [6.45, 7) is 5.93. The Bertz CT molecular complexity index is 442. The molecule has 0 aromatic heterocycles. The maximum atomic E-state index is 12.1. The topological polar surface area (TPSA) is 59.1 Å². The highest BCUT2D eigenvalue weighted by Crippen LogP contribution is 2.35. The molecule has 0 aromatic carbocycles. The predicted molar refractivity (Wildman–Crippen MR) is 85.0 cm³/mol. The minimum Gasteiger partial charge on any atom is -0.371 e. The molecule has 3 heterocycles. The molecule has 3 saturated heterocycles. The molecule has 3 aliphatic rings. The van der Waals surface area contributed by atoms with Crippen LogP contribution >= 0.6 is 0 Å². The van der Waals surface area contributed by atoms with Crippen molar-refractivity contribution in [2.24, 2.45) is 0 Å². The van der Waals surface area contributed by atoms with Crippen LogP contribution in [0.25, 0.3) is 0 Å². The zero-order valence-corrected chi connectivity index (χ0v) is 14.1. The molecule has 0 saturated carbocycles. The lowest BCUT2D eigenvalue weighted by Gasteiger charge is -2.53. The Hall–Kier alpha value is -1.14. The van der Waals surface area contributed by atoms with Crippen LogP contribution in [0.3, 0.4) is 0 Å². The van der Waals surface area contributed by atoms with Gasteiger partial charge in [0.25, 0.3) is 0 Å². The first-order chi connectivity index (χ1) is 11.1. The minimum atomic E-state index is -0.233. The molecule has 0 aliphatic carbocycles. The van der Waals surface area contributed by atoms with Gasteiger partial charge in [0, 0.05) is 32.5 Å². The van der Waals surface area contributed by atoms with E-state index in [1.807, 2.05) is 16.7 Å². The first kappa shape index (κ1) is 16.7. The summed E-state index contributed by atoms with van der Waals surface area (Å²) in [6, 6.07) is 0. The number of amides is 2. The molecule has 0 N–H and O–H groups in total. The normalized spacial score (nSPS) is 26.4. The average Bonchev–Trinajstić information content (AvgIpc) is 3.05. The van der Waals surface area contributed by atoms with Crippen molar-refractivity contribution in [1.29, 1.82) is 0 Å². The molecule has 0 radical (unpaired) electrons. The molecule has 3 aliphatic heterocycles. The van der Waals surface area contributed by atoms with E-state index in [4.69, 9.17) is 9.47 Å². The number of rotatable bonds is 5. The van der Waals surface area contributed by atoms with E-state index in [-0.39, 0.29) is 30.1 Å². The lowest BCUT2D eigenvalue weighted by molar-refractivity contribution is -0.202. The van der Waals surface area contributed by atoms with Crippen molar-refractivity contribution in [3.8, 4) is 0 Å². The molecule has 0 unspecified atom stereocenters. The molecule has 1 spiro atoms. The fraction of sp³-hybridized carbons (Fsp3) is 0.882. The number of carbonyl (C=O) groups excluding carboxylic acids is 2. The zero-order valence-electron chi connectivity index (χ0n) is 14.1. The Balaban J connectivity index is 1.42. The Kier molecular flexibility index (Phi) is 5.21. The van der Waals surface area contributed by atoms with Crippen LogP contribution in [-0.4, -0.2) is 72.7 Å². The Morgan fingerprint density at radius 3 is 2.61 bits per heavy atom. The summed E-state index contributed by atoms with van der Waals surface area (Å²) in [4.78, 5) is 27.7. The highest BCUT2D eigenvalue weighted by molar-refractivity contribution is 5.78. The molecule has 3 rings (SSSR count). The Morgan fingerprint density at radius 1 is 1.17 bits per heavy atom. The standard InChI is InChI=1S/C17H28N2O4/c1-2-5-15(20)19-12-17(13-19)10-14(6-9-23-17)22-11-16(21)18-7-3-4-8-18/h14H,2-13H2,1H3/t14-/m0/s1. The molecule has 130 valence electrons. The zero-order chi connectivity index (χ0) is 16.3. The van der Waals surface area contributed by atoms with Crippen LogP contribution in [0, 0.1) is 0 Å². The molecular formula is C17H28N2O4. The van der Waals surface area contributed by atoms with Gasteiger partial charge in [0.2, 0.25) is 11.8 Å². The van der Waals surface area contributed by atoms with E-state index in [9.17, 15) is 9.59 Å². The largest absolute Gasteiger partial charge is 0.371 e. The van der Waals surface area contributed by atoms with Crippen LogP contribution < -0.4 is 0 Å². The van der Waals surface area contributed by atoms with Crippen molar-refractivity contribution < 1.29 is 19.1 Å². The quantitative estimate of drug-likeness (QED) is 0.762. The Labute approximate surface area is 138 Å². The van der Waals surface area contributed by atoms with Crippen molar-refractivity contribution in [3.05, 3.63) is 0 Å². The molecule has 1 atom stereocenters. The van der Waals surface area contributed by atoms with Crippen molar-refractivity contribution >= 4 is 11.8 Å². The van der Waals surface area contributed by atoms with Crippen molar-refractivity contribution in [2.45, 2.75) is 57.2 Å². The molecule has 0 bridgehead atoms. The summed E-state index contributed by atoms with van der Waals surface area (Å²) < 4.78 is 11.8. The smallest absolute Gasteiger partial charge is 0.248 e. The van der Waals surface area contributed by atoms with Crippen LogP contribution in [0.2, 0.25) is 0 Å². The van der Waals surface area contributed by atoms with E-state index in [2.05, 4.69) is 0 Å². The first-order valence-corrected chi connectivity index (χ1v) is 8.93. The predicted octanol–water partition coefficient (Wildman–Crippen LogP) is 1.19. The average molecular weight is 324 g/mol. The highest BCUT2D eigenvalue weighted by Gasteiger charge is 2.49. The van der Waals surface area contributed by atoms with Crippen LogP contribution in [0.1, 0.15) is 45.4 Å². The molecule has 3 fully saturated rings. The summed E-state index contributed by atoms with van der Waals surface area (Å²) in [7, 11) is 0. The summed E-state index contributed by atoms with van der Waals surface area (Å²) >= 11 is 0. The number of carbonyl (C=O) groups is 2. The first-order valence-electron chi connectivity index (χ1n) is 8.93. The van der Waals surface area contributed by atoms with Crippen LogP contribution in [0.15, 0.2) is 0 Å². The lowest BCUT2D eigenvalue weighted by Crippen LogP contribution is -2.67. The third-order valence-electron chi connectivity index (χ3n) is 5.12. The third-order valence-corrected chi connectivity index (χ3v) is 5.12. The van der Waals surface area contributed by atoms with E-state index in [1.54, 1.807) is 0 Å². The summed E-state index contributed by atoms with van der Waals surface area (Å²) in [5.74, 6) is 0.324. The second-order valence-electron chi connectivity index (χ2n) is 7.04. The fourth-order valence-electron chi connectivity index (χ4n) is 3.79. The van der Waals surface area contributed by atoms with Crippen LogP contribution in [0.4, 0.5) is 0 Å². The van der Waals surface area contributed by atoms with Gasteiger partial charge in [-0.3, -0.25) is 9.59 Å². The maximum Gasteiger partial charge on any atom is 0.248 e. The summed E-state index contributed by atoms with van der Waals surface area (Å²) in [5.41, 5.74) is -0.233. The van der Waals surface area contributed by atoms with Gasteiger partial charge in [0.05, 0.1) is 19.2 Å². The van der Waals surface area contributed by atoms with Crippen molar-refractivity contribution in [2.75, 3.05) is 39.4 Å². The maximum absolute atomic E-state index is 12.1. The number of hydrogen-bond donors (Lipinski definition) is 0. The third kappa shape index (κ3) is 3.86. The molecule has 23 heavy (non-hydrogen) atoms. The van der Waals surface area contributed by atoms with E-state index in [0.29, 0.717) is 26.1 Å². The SMILES string of the molecule is CCCC(=O)N1CC2(C[C@@H](OCC(=O)N3CCCC3)CCO2)C1. The minimum absolute atomic E-state index is 0.0683. The van der Waals surface area contributed by atoms with Crippen molar-refractivity contribution in [1.82, 2.24) is 9.80 Å². The second kappa shape index (κ2) is 7.18. The van der Waals surface area contributed by atoms with E-state index >= 15 is 0 Å².